The van der Waals surface area contributed by atoms with Crippen molar-refractivity contribution in [1.82, 2.24) is 30.5 Å². The molecule has 1 fully saturated rings. The van der Waals surface area contributed by atoms with E-state index in [2.05, 4.69) is 30.9 Å². The van der Waals surface area contributed by atoms with Crippen LogP contribution in [0.2, 0.25) is 0 Å². The highest BCUT2D eigenvalue weighted by Gasteiger charge is 2.34. The predicted octanol–water partition coefficient (Wildman–Crippen LogP) is 7.49. The third-order valence-corrected chi connectivity index (χ3v) is 11.6. The van der Waals surface area contributed by atoms with Crippen LogP contribution in [0.5, 0.6) is 5.75 Å². The topological polar surface area (TPSA) is 175 Å². The van der Waals surface area contributed by atoms with E-state index in [0.717, 1.165) is 39.4 Å². The number of halogens is 2. The number of likely N-dealkylation sites (tertiary alicyclic amines) is 1. The number of H-pyrrole nitrogens is 1. The minimum atomic E-state index is -1.16. The second-order valence-corrected chi connectivity index (χ2v) is 15.8. The van der Waals surface area contributed by atoms with E-state index < -0.39 is 34.9 Å². The number of thiazole rings is 1. The molecule has 62 heavy (non-hydrogen) atoms. The van der Waals surface area contributed by atoms with Crippen molar-refractivity contribution in [2.24, 2.45) is 0 Å². The van der Waals surface area contributed by atoms with Crippen molar-refractivity contribution in [1.29, 1.82) is 0 Å². The summed E-state index contributed by atoms with van der Waals surface area (Å²) in [7, 11) is 0. The van der Waals surface area contributed by atoms with E-state index in [1.54, 1.807) is 54.8 Å². The molecular weight excluding hydrogens is 817 g/mol. The number of benzene rings is 3. The van der Waals surface area contributed by atoms with Crippen molar-refractivity contribution < 1.29 is 37.5 Å². The molecule has 1 aliphatic rings. The second-order valence-electron chi connectivity index (χ2n) is 14.9. The van der Waals surface area contributed by atoms with Crippen LogP contribution >= 0.6 is 11.3 Å². The molecule has 3 aromatic carbocycles. The summed E-state index contributed by atoms with van der Waals surface area (Å²) in [5.41, 5.74) is 5.47. The summed E-state index contributed by atoms with van der Waals surface area (Å²) in [6, 6.07) is 18.2. The monoisotopic (exact) mass is 861 g/mol. The number of carbonyl (C=O) groups is 5. The molecule has 4 heterocycles. The Bertz CT molecular complexity index is 2610. The van der Waals surface area contributed by atoms with E-state index in [4.69, 9.17) is 4.74 Å². The van der Waals surface area contributed by atoms with Crippen LogP contribution in [0.3, 0.4) is 0 Å². The maximum absolute atomic E-state index is 15.4. The van der Waals surface area contributed by atoms with Crippen molar-refractivity contribution in [3.05, 3.63) is 119 Å². The van der Waals surface area contributed by atoms with Gasteiger partial charge in [-0.3, -0.25) is 24.0 Å². The molecule has 4 amide bonds. The molecule has 0 radical (unpaired) electrons. The van der Waals surface area contributed by atoms with Crippen LogP contribution in [0.25, 0.3) is 32.6 Å². The standard InChI is InChI=1S/C46H45F2N7O6S/c1-3-6-39(57)54-36-18-17-35(47)41(42(36)48)43(59)34-24-51-45-33(34)21-31(23-50-45)29-13-15-32(16-14-29)61-20-5-8-38(56)49-25-40(58)55-19-4-7-37(55)46(60)52-22-28-9-11-30(12-10-28)44-27(2)53-26-62-44/h9-18,21,23-24,26,37H,3-8,19-20,22,25H2,1-2H3,(H,49,56)(H,50,51)(H,52,60)(H,54,57)/t37-/m0/s1. The van der Waals surface area contributed by atoms with Gasteiger partial charge < -0.3 is 30.6 Å². The zero-order valence-corrected chi connectivity index (χ0v) is 35.0. The molecule has 0 unspecified atom stereocenters. The van der Waals surface area contributed by atoms with Gasteiger partial charge in [-0.1, -0.05) is 43.3 Å². The molecular formula is C46H45F2N7O6S. The highest BCUT2D eigenvalue weighted by atomic mass is 32.1. The molecule has 320 valence electrons. The smallest absolute Gasteiger partial charge is 0.243 e. The van der Waals surface area contributed by atoms with Crippen LogP contribution in [0.1, 0.15) is 72.6 Å². The van der Waals surface area contributed by atoms with Crippen molar-refractivity contribution >= 4 is 57.5 Å². The Labute approximate surface area is 360 Å². The van der Waals surface area contributed by atoms with Crippen molar-refractivity contribution in [2.45, 2.75) is 65.0 Å². The molecule has 4 N–H and O–H groups in total. The number of carbonyl (C=O) groups excluding carboxylic acids is 5. The van der Waals surface area contributed by atoms with Gasteiger partial charge in [-0.05, 0) is 79.6 Å². The van der Waals surface area contributed by atoms with Crippen LogP contribution in [0.4, 0.5) is 14.5 Å². The Kier molecular flexibility index (Phi) is 13.8. The van der Waals surface area contributed by atoms with Crippen LogP contribution < -0.4 is 20.7 Å². The molecule has 7 rings (SSSR count). The summed E-state index contributed by atoms with van der Waals surface area (Å²) in [5, 5.41) is 8.38. The largest absolute Gasteiger partial charge is 0.494 e. The maximum atomic E-state index is 15.4. The minimum Gasteiger partial charge on any atom is -0.494 e. The summed E-state index contributed by atoms with van der Waals surface area (Å²) in [6.07, 6.45) is 5.40. The van der Waals surface area contributed by atoms with Gasteiger partial charge in [-0.15, -0.1) is 11.3 Å². The quantitative estimate of drug-likeness (QED) is 0.0539. The lowest BCUT2D eigenvalue weighted by atomic mass is 9.99. The highest BCUT2D eigenvalue weighted by molar-refractivity contribution is 7.13. The van der Waals surface area contributed by atoms with Crippen molar-refractivity contribution in [2.75, 3.05) is 25.0 Å². The molecule has 1 saturated heterocycles. The molecule has 1 atom stereocenters. The van der Waals surface area contributed by atoms with Crippen LogP contribution in [-0.4, -0.2) is 75.0 Å². The lowest BCUT2D eigenvalue weighted by Crippen LogP contribution is -2.48. The maximum Gasteiger partial charge on any atom is 0.243 e. The molecule has 0 aliphatic carbocycles. The zero-order valence-electron chi connectivity index (χ0n) is 34.2. The van der Waals surface area contributed by atoms with Crippen LogP contribution in [0, 0.1) is 18.6 Å². The average molecular weight is 862 g/mol. The highest BCUT2D eigenvalue weighted by Crippen LogP contribution is 2.31. The van der Waals surface area contributed by atoms with Gasteiger partial charge in [0.1, 0.15) is 23.3 Å². The first-order valence-corrected chi connectivity index (χ1v) is 21.2. The summed E-state index contributed by atoms with van der Waals surface area (Å²) >= 11 is 1.58. The number of hydrogen-bond donors (Lipinski definition) is 4. The molecule has 0 saturated carbocycles. The SMILES string of the molecule is CCCC(=O)Nc1ccc(F)c(C(=O)c2c[nH]c3ncc(-c4ccc(OCCCC(=O)NCC(=O)N5CCC[C@H]5C(=O)NCc5ccc(-c6scnc6C)cc5)cc4)cc23)c1F. The number of nitrogens with zero attached hydrogens (tertiary/aromatic N) is 3. The van der Waals surface area contributed by atoms with Crippen LogP contribution in [0.15, 0.2) is 84.6 Å². The first kappa shape index (κ1) is 43.3. The molecule has 1 aliphatic heterocycles. The van der Waals surface area contributed by atoms with Gasteiger partial charge in [-0.2, -0.15) is 0 Å². The summed E-state index contributed by atoms with van der Waals surface area (Å²) in [5.74, 6) is -3.86. The number of amides is 4. The van der Waals surface area contributed by atoms with Gasteiger partial charge in [0.05, 0.1) is 40.5 Å². The third kappa shape index (κ3) is 10.0. The summed E-state index contributed by atoms with van der Waals surface area (Å²) < 4.78 is 36.1. The lowest BCUT2D eigenvalue weighted by Gasteiger charge is -2.24. The van der Waals surface area contributed by atoms with E-state index in [9.17, 15) is 28.4 Å². The minimum absolute atomic E-state index is 0.0114. The Morgan fingerprint density at radius 2 is 1.69 bits per heavy atom. The summed E-state index contributed by atoms with van der Waals surface area (Å²) in [4.78, 5) is 78.5. The van der Waals surface area contributed by atoms with Crippen LogP contribution in [-0.2, 0) is 25.7 Å². The number of pyridine rings is 1. The molecule has 16 heteroatoms. The Morgan fingerprint density at radius 1 is 0.919 bits per heavy atom. The fraction of sp³-hybridized carbons (Fsp3) is 0.283. The zero-order chi connectivity index (χ0) is 43.8. The Hall–Kier alpha value is -6.81. The first-order valence-electron chi connectivity index (χ1n) is 20.4. The Balaban J connectivity index is 0.858. The Morgan fingerprint density at radius 3 is 2.44 bits per heavy atom. The third-order valence-electron chi connectivity index (χ3n) is 10.6. The van der Waals surface area contributed by atoms with Gasteiger partial charge >= 0.3 is 0 Å². The average Bonchev–Trinajstić information content (AvgIpc) is 4.05. The number of fused-ring (bicyclic) bond motifs is 1. The van der Waals surface area contributed by atoms with E-state index in [1.165, 1.54) is 11.1 Å². The number of aryl methyl sites for hydroxylation is 1. The molecule has 6 aromatic rings. The fourth-order valence-corrected chi connectivity index (χ4v) is 8.12. The van der Waals surface area contributed by atoms with Gasteiger partial charge in [-0.25, -0.2) is 18.7 Å². The number of anilines is 1. The number of hydrogen-bond acceptors (Lipinski definition) is 9. The van der Waals surface area contributed by atoms with Crippen molar-refractivity contribution in [3.8, 4) is 27.3 Å². The number of aromatic nitrogens is 3. The number of rotatable bonds is 17. The number of aromatic amines is 1. The van der Waals surface area contributed by atoms with Crippen molar-refractivity contribution in [3.63, 3.8) is 0 Å². The van der Waals surface area contributed by atoms with E-state index in [1.807, 2.05) is 36.7 Å². The second kappa shape index (κ2) is 19.7. The summed E-state index contributed by atoms with van der Waals surface area (Å²) in [6.45, 7) is 4.57. The molecule has 0 spiro atoms. The van der Waals surface area contributed by atoms with E-state index in [0.29, 0.717) is 61.1 Å². The molecule has 3 aromatic heterocycles. The number of ether oxygens (including phenoxy) is 1. The fourth-order valence-electron chi connectivity index (χ4n) is 7.31. The first-order chi connectivity index (χ1) is 30.0. The number of nitrogens with one attached hydrogen (secondary N) is 4. The van der Waals surface area contributed by atoms with Gasteiger partial charge in [0, 0.05) is 54.8 Å². The van der Waals surface area contributed by atoms with E-state index >= 15 is 4.39 Å². The number of ketones is 1. The van der Waals surface area contributed by atoms with Gasteiger partial charge in [0.2, 0.25) is 29.4 Å². The van der Waals surface area contributed by atoms with Gasteiger partial charge in [0.25, 0.3) is 0 Å². The van der Waals surface area contributed by atoms with Gasteiger partial charge in [0.15, 0.2) is 5.82 Å². The lowest BCUT2D eigenvalue weighted by molar-refractivity contribution is -0.138. The normalized spacial score (nSPS) is 13.5. The molecule has 13 nitrogen and oxygen atoms in total. The molecule has 0 bridgehead atoms. The predicted molar refractivity (Wildman–Crippen MR) is 231 cm³/mol. The van der Waals surface area contributed by atoms with E-state index in [-0.39, 0.29) is 55.0 Å².